The summed E-state index contributed by atoms with van der Waals surface area (Å²) in [6.45, 7) is 3.33. The van der Waals surface area contributed by atoms with E-state index < -0.39 is 0 Å². The highest BCUT2D eigenvalue weighted by molar-refractivity contribution is 5.14. The third-order valence-electron chi connectivity index (χ3n) is 2.26. The molecule has 0 bridgehead atoms. The van der Waals surface area contributed by atoms with Crippen molar-refractivity contribution in [1.82, 2.24) is 5.32 Å². The predicted molar refractivity (Wildman–Crippen MR) is 68.8 cm³/mol. The van der Waals surface area contributed by atoms with Crippen molar-refractivity contribution >= 4 is 0 Å². The number of hydrogen-bond acceptors (Lipinski definition) is 1. The maximum atomic E-state index is 3.18. The summed E-state index contributed by atoms with van der Waals surface area (Å²) in [6.07, 6.45) is 12.8. The summed E-state index contributed by atoms with van der Waals surface area (Å²) in [5.74, 6) is 6.27. The third-order valence-corrected chi connectivity index (χ3v) is 2.26. The van der Waals surface area contributed by atoms with E-state index in [1.54, 1.807) is 0 Å². The van der Waals surface area contributed by atoms with Crippen LogP contribution in [0.5, 0.6) is 0 Å². The molecule has 0 fully saturated rings. The summed E-state index contributed by atoms with van der Waals surface area (Å²) >= 11 is 0. The predicted octanol–water partition coefficient (Wildman–Crippen LogP) is 3.52. The minimum absolute atomic E-state index is 1.06. The van der Waals surface area contributed by atoms with Gasteiger partial charge in [-0.1, -0.05) is 44.1 Å². The Morgan fingerprint density at radius 2 is 2.00 bits per heavy atom. The smallest absolute Gasteiger partial charge is 0.00922 e. The van der Waals surface area contributed by atoms with Gasteiger partial charge >= 0.3 is 0 Å². The van der Waals surface area contributed by atoms with Gasteiger partial charge in [0.15, 0.2) is 0 Å². The van der Waals surface area contributed by atoms with Gasteiger partial charge in [0.05, 0.1) is 0 Å². The van der Waals surface area contributed by atoms with Crippen LogP contribution in [-0.4, -0.2) is 13.6 Å². The van der Waals surface area contributed by atoms with Crippen molar-refractivity contribution in [2.75, 3.05) is 13.6 Å². The van der Waals surface area contributed by atoms with Gasteiger partial charge in [0.25, 0.3) is 0 Å². The van der Waals surface area contributed by atoms with E-state index in [-0.39, 0.29) is 0 Å². The maximum Gasteiger partial charge on any atom is 0.00922 e. The van der Waals surface area contributed by atoms with Gasteiger partial charge in [-0.25, -0.2) is 0 Å². The molecule has 1 heteroatoms. The minimum atomic E-state index is 1.06. The molecule has 0 aromatic rings. The van der Waals surface area contributed by atoms with Crippen LogP contribution in [0, 0.1) is 11.8 Å². The second kappa shape index (κ2) is 13.3. The monoisotopic (exact) mass is 207 g/mol. The van der Waals surface area contributed by atoms with E-state index in [1.807, 2.05) is 13.1 Å². The van der Waals surface area contributed by atoms with Crippen LogP contribution in [-0.2, 0) is 0 Å². The van der Waals surface area contributed by atoms with E-state index in [0.717, 1.165) is 19.4 Å². The summed E-state index contributed by atoms with van der Waals surface area (Å²) in [7, 11) is 1.99. The van der Waals surface area contributed by atoms with Crippen molar-refractivity contribution in [3.63, 3.8) is 0 Å². The molecule has 0 spiro atoms. The molecule has 0 heterocycles. The Kier molecular flexibility index (Phi) is 12.6. The zero-order valence-corrected chi connectivity index (χ0v) is 10.3. The molecule has 86 valence electrons. The number of unbranched alkanes of at least 4 members (excludes halogenated alkanes) is 5. The molecule has 0 saturated carbocycles. The van der Waals surface area contributed by atoms with E-state index in [4.69, 9.17) is 0 Å². The van der Waals surface area contributed by atoms with Crippen LogP contribution in [0.25, 0.3) is 0 Å². The average molecular weight is 207 g/mol. The van der Waals surface area contributed by atoms with Crippen molar-refractivity contribution < 1.29 is 0 Å². The molecule has 0 rings (SSSR count). The van der Waals surface area contributed by atoms with Gasteiger partial charge in [0, 0.05) is 6.42 Å². The Labute approximate surface area is 95.3 Å². The van der Waals surface area contributed by atoms with Crippen LogP contribution in [0.15, 0.2) is 12.2 Å². The van der Waals surface area contributed by atoms with Crippen LogP contribution in [0.1, 0.15) is 51.9 Å². The standard InChI is InChI=1S/C14H25N/c1-3-4-5-6-7-8-9-10-11-12-13-14-15-2/h10-11,15H,3-7,12-14H2,1-2H3/b11-10+. The van der Waals surface area contributed by atoms with Crippen LogP contribution < -0.4 is 5.32 Å². The van der Waals surface area contributed by atoms with Crippen LogP contribution >= 0.6 is 0 Å². The van der Waals surface area contributed by atoms with E-state index >= 15 is 0 Å². The zero-order chi connectivity index (χ0) is 11.2. The molecule has 0 aliphatic rings. The number of nitrogens with one attached hydrogen (secondary N) is 1. The number of hydrogen-bond donors (Lipinski definition) is 1. The molecule has 0 aromatic heterocycles. The molecule has 15 heavy (non-hydrogen) atoms. The lowest BCUT2D eigenvalue weighted by molar-refractivity contribution is 0.679. The lowest BCUT2D eigenvalue weighted by Crippen LogP contribution is -2.06. The molecule has 0 aliphatic heterocycles. The molecular weight excluding hydrogens is 182 g/mol. The fourth-order valence-corrected chi connectivity index (χ4v) is 1.31. The first-order valence-electron chi connectivity index (χ1n) is 6.19. The van der Waals surface area contributed by atoms with Crippen molar-refractivity contribution in [2.24, 2.45) is 0 Å². The Morgan fingerprint density at radius 3 is 2.73 bits per heavy atom. The average Bonchev–Trinajstić information content (AvgIpc) is 2.26. The molecule has 1 nitrogen and oxygen atoms in total. The summed E-state index contributed by atoms with van der Waals surface area (Å²) in [5, 5.41) is 3.13. The Bertz CT molecular complexity index is 195. The molecular formula is C14H25N. The van der Waals surface area contributed by atoms with Crippen molar-refractivity contribution in [3.05, 3.63) is 12.2 Å². The first kappa shape index (κ1) is 14.3. The first-order chi connectivity index (χ1) is 7.41. The summed E-state index contributed by atoms with van der Waals surface area (Å²) in [4.78, 5) is 0. The van der Waals surface area contributed by atoms with Gasteiger partial charge < -0.3 is 5.32 Å². The summed E-state index contributed by atoms with van der Waals surface area (Å²) in [5.41, 5.74) is 0. The van der Waals surface area contributed by atoms with Crippen molar-refractivity contribution in [1.29, 1.82) is 0 Å². The van der Waals surface area contributed by atoms with Crippen molar-refractivity contribution in [3.8, 4) is 11.8 Å². The molecule has 0 unspecified atom stereocenters. The number of rotatable bonds is 8. The van der Waals surface area contributed by atoms with Crippen LogP contribution in [0.2, 0.25) is 0 Å². The topological polar surface area (TPSA) is 12.0 Å². The fraction of sp³-hybridized carbons (Fsp3) is 0.714. The largest absolute Gasteiger partial charge is 0.320 e. The maximum absolute atomic E-state index is 3.18. The summed E-state index contributed by atoms with van der Waals surface area (Å²) < 4.78 is 0. The van der Waals surface area contributed by atoms with Crippen LogP contribution in [0.4, 0.5) is 0 Å². The van der Waals surface area contributed by atoms with Crippen LogP contribution in [0.3, 0.4) is 0 Å². The van der Waals surface area contributed by atoms with Gasteiger partial charge in [-0.05, 0) is 38.9 Å². The van der Waals surface area contributed by atoms with Gasteiger partial charge in [-0.15, -0.1) is 0 Å². The first-order valence-corrected chi connectivity index (χ1v) is 6.19. The molecule has 1 N–H and O–H groups in total. The fourth-order valence-electron chi connectivity index (χ4n) is 1.31. The highest BCUT2D eigenvalue weighted by Gasteiger charge is 1.83. The lowest BCUT2D eigenvalue weighted by atomic mass is 10.1. The van der Waals surface area contributed by atoms with E-state index in [2.05, 4.69) is 30.2 Å². The van der Waals surface area contributed by atoms with E-state index in [0.29, 0.717) is 0 Å². The highest BCUT2D eigenvalue weighted by atomic mass is 14.8. The minimum Gasteiger partial charge on any atom is -0.320 e. The lowest BCUT2D eigenvalue weighted by Gasteiger charge is -1.92. The second-order valence-electron chi connectivity index (χ2n) is 3.78. The third kappa shape index (κ3) is 13.3. The molecule has 0 amide bonds. The molecule has 0 atom stereocenters. The van der Waals surface area contributed by atoms with Gasteiger partial charge in [-0.3, -0.25) is 0 Å². The zero-order valence-electron chi connectivity index (χ0n) is 10.3. The van der Waals surface area contributed by atoms with Crippen molar-refractivity contribution in [2.45, 2.75) is 51.9 Å². The highest BCUT2D eigenvalue weighted by Crippen LogP contribution is 2.00. The SMILES string of the molecule is CCCCCCC#C/C=C/CCCNC. The molecule has 0 saturated heterocycles. The Morgan fingerprint density at radius 1 is 1.13 bits per heavy atom. The molecule has 0 aromatic carbocycles. The normalized spacial score (nSPS) is 10.3. The molecule has 0 radical (unpaired) electrons. The summed E-state index contributed by atoms with van der Waals surface area (Å²) in [6, 6.07) is 0. The van der Waals surface area contributed by atoms with Gasteiger partial charge in [0.2, 0.25) is 0 Å². The van der Waals surface area contributed by atoms with Gasteiger partial charge in [-0.2, -0.15) is 0 Å². The number of allylic oxidation sites excluding steroid dienone is 2. The Balaban J connectivity index is 3.21. The Hall–Kier alpha value is -0.740. The van der Waals surface area contributed by atoms with E-state index in [1.165, 1.54) is 32.1 Å². The second-order valence-corrected chi connectivity index (χ2v) is 3.78. The molecule has 0 aliphatic carbocycles. The van der Waals surface area contributed by atoms with Gasteiger partial charge in [0.1, 0.15) is 0 Å². The quantitative estimate of drug-likeness (QED) is 0.474. The van der Waals surface area contributed by atoms with E-state index in [9.17, 15) is 0 Å².